The van der Waals surface area contributed by atoms with Gasteiger partial charge in [-0.15, -0.1) is 0 Å². The smallest absolute Gasteiger partial charge is 0.329 e. The van der Waals surface area contributed by atoms with Crippen molar-refractivity contribution in [2.45, 2.75) is 19.1 Å². The number of pyridine rings is 1. The Bertz CT molecular complexity index is 555. The van der Waals surface area contributed by atoms with Gasteiger partial charge in [0.2, 0.25) is 5.82 Å². The van der Waals surface area contributed by atoms with Gasteiger partial charge >= 0.3 is 5.69 Å². The fourth-order valence-electron chi connectivity index (χ4n) is 2.13. The van der Waals surface area contributed by atoms with Crippen molar-refractivity contribution in [3.05, 3.63) is 27.9 Å². The molecule has 2 N–H and O–H groups in total. The molecule has 1 aliphatic heterocycles. The first-order valence-corrected chi connectivity index (χ1v) is 6.20. The van der Waals surface area contributed by atoms with Crippen LogP contribution in [0.3, 0.4) is 0 Å². The standard InChI is InChI=1S/C12H15N5O3/c1-8(14)10-7-16(4-5-20-10)12-11(17(18)19)9(6-13)2-3-15-12/h2-3,8,10H,4-5,7,14H2,1H3. The van der Waals surface area contributed by atoms with Gasteiger partial charge in [-0.3, -0.25) is 10.1 Å². The molecule has 8 heteroatoms. The minimum absolute atomic E-state index is 0.00355. The Morgan fingerprint density at radius 3 is 3.10 bits per heavy atom. The molecule has 2 rings (SSSR count). The predicted molar refractivity (Wildman–Crippen MR) is 71.2 cm³/mol. The normalized spacial score (nSPS) is 20.2. The van der Waals surface area contributed by atoms with Gasteiger partial charge in [-0.25, -0.2) is 4.98 Å². The van der Waals surface area contributed by atoms with Crippen molar-refractivity contribution < 1.29 is 9.66 Å². The van der Waals surface area contributed by atoms with E-state index in [1.807, 2.05) is 13.0 Å². The second kappa shape index (κ2) is 5.81. The molecular formula is C12H15N5O3. The number of nitrogens with zero attached hydrogens (tertiary/aromatic N) is 4. The van der Waals surface area contributed by atoms with Crippen molar-refractivity contribution in [2.24, 2.45) is 5.73 Å². The first-order chi connectivity index (χ1) is 9.54. The number of hydrogen-bond acceptors (Lipinski definition) is 7. The van der Waals surface area contributed by atoms with Crippen molar-refractivity contribution in [1.29, 1.82) is 5.26 Å². The number of nitrogens with two attached hydrogens (primary N) is 1. The highest BCUT2D eigenvalue weighted by atomic mass is 16.6. The monoisotopic (exact) mass is 277 g/mol. The van der Waals surface area contributed by atoms with E-state index < -0.39 is 4.92 Å². The van der Waals surface area contributed by atoms with E-state index in [-0.39, 0.29) is 29.2 Å². The molecule has 0 saturated carbocycles. The average Bonchev–Trinajstić information content (AvgIpc) is 2.46. The van der Waals surface area contributed by atoms with E-state index in [0.717, 1.165) is 0 Å². The van der Waals surface area contributed by atoms with Gasteiger partial charge in [0.25, 0.3) is 0 Å². The van der Waals surface area contributed by atoms with Crippen LogP contribution in [0.15, 0.2) is 12.3 Å². The fraction of sp³-hybridized carbons (Fsp3) is 0.500. The van der Waals surface area contributed by atoms with Crippen molar-refractivity contribution >= 4 is 11.5 Å². The van der Waals surface area contributed by atoms with Gasteiger partial charge in [-0.1, -0.05) is 0 Å². The minimum Gasteiger partial charge on any atom is -0.373 e. The van der Waals surface area contributed by atoms with E-state index >= 15 is 0 Å². The molecule has 2 unspecified atom stereocenters. The number of nitriles is 1. The Morgan fingerprint density at radius 2 is 2.50 bits per heavy atom. The molecule has 0 amide bonds. The lowest BCUT2D eigenvalue weighted by Crippen LogP contribution is -2.50. The van der Waals surface area contributed by atoms with Gasteiger partial charge in [-0.05, 0) is 13.0 Å². The summed E-state index contributed by atoms with van der Waals surface area (Å²) >= 11 is 0. The Morgan fingerprint density at radius 1 is 1.75 bits per heavy atom. The summed E-state index contributed by atoms with van der Waals surface area (Å²) in [5.41, 5.74) is 5.54. The molecule has 1 aromatic heterocycles. The number of aromatic nitrogens is 1. The van der Waals surface area contributed by atoms with Gasteiger partial charge < -0.3 is 15.4 Å². The fourth-order valence-corrected chi connectivity index (χ4v) is 2.13. The second-order valence-electron chi connectivity index (χ2n) is 4.61. The van der Waals surface area contributed by atoms with Crippen molar-refractivity contribution in [1.82, 2.24) is 4.98 Å². The maximum atomic E-state index is 11.2. The van der Waals surface area contributed by atoms with E-state index in [2.05, 4.69) is 4.98 Å². The zero-order chi connectivity index (χ0) is 14.7. The van der Waals surface area contributed by atoms with Crippen LogP contribution >= 0.6 is 0 Å². The van der Waals surface area contributed by atoms with Gasteiger partial charge in [0.05, 0.1) is 17.6 Å². The molecule has 0 aromatic carbocycles. The van der Waals surface area contributed by atoms with E-state index in [9.17, 15) is 10.1 Å². The van der Waals surface area contributed by atoms with E-state index in [1.165, 1.54) is 12.3 Å². The Hall–Kier alpha value is -2.24. The average molecular weight is 277 g/mol. The topological polar surface area (TPSA) is 118 Å². The number of hydrogen-bond donors (Lipinski definition) is 1. The number of morpholine rings is 1. The predicted octanol–water partition coefficient (Wildman–Crippen LogP) is 0.414. The Labute approximate surface area is 115 Å². The first kappa shape index (κ1) is 14.2. The lowest BCUT2D eigenvalue weighted by Gasteiger charge is -2.35. The van der Waals surface area contributed by atoms with Crippen LogP contribution in [0.1, 0.15) is 12.5 Å². The van der Waals surface area contributed by atoms with Crippen LogP contribution in [0.5, 0.6) is 0 Å². The highest BCUT2D eigenvalue weighted by Crippen LogP contribution is 2.30. The van der Waals surface area contributed by atoms with Crippen LogP contribution < -0.4 is 10.6 Å². The molecule has 1 saturated heterocycles. The van der Waals surface area contributed by atoms with Gasteiger partial charge in [0.1, 0.15) is 11.6 Å². The maximum Gasteiger partial charge on any atom is 0.329 e. The molecule has 2 heterocycles. The molecule has 2 atom stereocenters. The third kappa shape index (κ3) is 2.68. The summed E-state index contributed by atoms with van der Waals surface area (Å²) in [6.45, 7) is 3.13. The van der Waals surface area contributed by atoms with Crippen molar-refractivity contribution in [3.63, 3.8) is 0 Å². The van der Waals surface area contributed by atoms with Gasteiger partial charge in [0, 0.05) is 25.3 Å². The van der Waals surface area contributed by atoms with E-state index in [4.69, 9.17) is 15.7 Å². The molecule has 106 valence electrons. The summed E-state index contributed by atoms with van der Waals surface area (Å²) < 4.78 is 5.52. The Kier molecular flexibility index (Phi) is 4.12. The summed E-state index contributed by atoms with van der Waals surface area (Å²) in [7, 11) is 0. The zero-order valence-electron chi connectivity index (χ0n) is 11.0. The summed E-state index contributed by atoms with van der Waals surface area (Å²) in [4.78, 5) is 16.4. The molecule has 1 fully saturated rings. The molecule has 0 aliphatic carbocycles. The molecule has 0 bridgehead atoms. The third-order valence-electron chi connectivity index (χ3n) is 3.19. The summed E-state index contributed by atoms with van der Waals surface area (Å²) in [5.74, 6) is 0.197. The number of anilines is 1. The maximum absolute atomic E-state index is 11.2. The summed E-state index contributed by atoms with van der Waals surface area (Å²) in [5, 5.41) is 20.2. The third-order valence-corrected chi connectivity index (χ3v) is 3.19. The van der Waals surface area contributed by atoms with Crippen molar-refractivity contribution in [2.75, 3.05) is 24.6 Å². The molecule has 0 radical (unpaired) electrons. The van der Waals surface area contributed by atoms with Gasteiger partial charge in [-0.2, -0.15) is 5.26 Å². The zero-order valence-corrected chi connectivity index (χ0v) is 11.0. The van der Waals surface area contributed by atoms with E-state index in [1.54, 1.807) is 4.90 Å². The molecule has 1 aliphatic rings. The van der Waals surface area contributed by atoms with Crippen molar-refractivity contribution in [3.8, 4) is 6.07 Å². The van der Waals surface area contributed by atoms with E-state index in [0.29, 0.717) is 19.7 Å². The highest BCUT2D eigenvalue weighted by Gasteiger charge is 2.30. The number of rotatable bonds is 3. The molecule has 0 spiro atoms. The molecule has 8 nitrogen and oxygen atoms in total. The van der Waals surface area contributed by atoms with Crippen LogP contribution in [-0.4, -0.2) is 41.7 Å². The first-order valence-electron chi connectivity index (χ1n) is 6.20. The highest BCUT2D eigenvalue weighted by molar-refractivity contribution is 5.65. The minimum atomic E-state index is -0.572. The quantitative estimate of drug-likeness (QED) is 0.628. The van der Waals surface area contributed by atoms with Crippen LogP contribution in [0.2, 0.25) is 0 Å². The van der Waals surface area contributed by atoms with Crippen LogP contribution in [0, 0.1) is 21.4 Å². The van der Waals surface area contributed by atoms with Crippen LogP contribution in [0.4, 0.5) is 11.5 Å². The molecule has 1 aromatic rings. The van der Waals surface area contributed by atoms with Gasteiger partial charge in [0.15, 0.2) is 0 Å². The number of ether oxygens (including phenoxy) is 1. The molecular weight excluding hydrogens is 262 g/mol. The second-order valence-corrected chi connectivity index (χ2v) is 4.61. The number of nitro groups is 1. The Balaban J connectivity index is 2.37. The lowest BCUT2D eigenvalue weighted by molar-refractivity contribution is -0.384. The summed E-state index contributed by atoms with van der Waals surface area (Å²) in [6, 6.07) is 2.98. The largest absolute Gasteiger partial charge is 0.373 e. The molecule has 20 heavy (non-hydrogen) atoms. The summed E-state index contributed by atoms with van der Waals surface area (Å²) in [6.07, 6.45) is 1.19. The van der Waals surface area contributed by atoms with Crippen LogP contribution in [0.25, 0.3) is 0 Å². The van der Waals surface area contributed by atoms with Crippen LogP contribution in [-0.2, 0) is 4.74 Å². The SMILES string of the molecule is CC(N)C1CN(c2nccc(C#N)c2[N+](=O)[O-])CCO1. The lowest BCUT2D eigenvalue weighted by atomic mass is 10.1.